The van der Waals surface area contributed by atoms with Gasteiger partial charge in [0.2, 0.25) is 0 Å². The van der Waals surface area contributed by atoms with Gasteiger partial charge in [-0.25, -0.2) is 8.78 Å². The SMILES string of the molecule is NCCCC(F)(F)CI. The minimum Gasteiger partial charge on any atom is -0.330 e. The van der Waals surface area contributed by atoms with Crippen molar-refractivity contribution in [2.75, 3.05) is 11.0 Å². The summed E-state index contributed by atoms with van der Waals surface area (Å²) in [5.74, 6) is -2.50. The van der Waals surface area contributed by atoms with Crippen LogP contribution in [-0.4, -0.2) is 16.9 Å². The topological polar surface area (TPSA) is 26.0 Å². The predicted molar refractivity (Wildman–Crippen MR) is 42.1 cm³/mol. The zero-order valence-corrected chi connectivity index (χ0v) is 7.20. The molecule has 0 aromatic carbocycles. The molecule has 0 rings (SSSR count). The van der Waals surface area contributed by atoms with Crippen molar-refractivity contribution in [3.05, 3.63) is 0 Å². The molecule has 0 aromatic heterocycles. The van der Waals surface area contributed by atoms with Crippen molar-refractivity contribution in [2.24, 2.45) is 5.73 Å². The van der Waals surface area contributed by atoms with E-state index in [4.69, 9.17) is 5.73 Å². The van der Waals surface area contributed by atoms with Crippen LogP contribution in [0.2, 0.25) is 0 Å². The second-order valence-electron chi connectivity index (χ2n) is 1.88. The molecule has 0 amide bonds. The summed E-state index contributed by atoms with van der Waals surface area (Å²) in [6.07, 6.45) is 0.336. The minimum absolute atomic E-state index is 0.0769. The van der Waals surface area contributed by atoms with E-state index in [0.29, 0.717) is 13.0 Å². The fourth-order valence-corrected chi connectivity index (χ4v) is 0.809. The van der Waals surface area contributed by atoms with Gasteiger partial charge in [0.25, 0.3) is 5.92 Å². The minimum atomic E-state index is -2.50. The van der Waals surface area contributed by atoms with Crippen molar-refractivity contribution < 1.29 is 8.78 Å². The van der Waals surface area contributed by atoms with E-state index < -0.39 is 5.92 Å². The Balaban J connectivity index is 3.33. The van der Waals surface area contributed by atoms with Crippen molar-refractivity contribution in [2.45, 2.75) is 18.8 Å². The molecule has 0 heterocycles. The van der Waals surface area contributed by atoms with E-state index in [2.05, 4.69) is 0 Å². The highest BCUT2D eigenvalue weighted by Crippen LogP contribution is 2.21. The molecular formula is C5H10F2IN. The van der Waals surface area contributed by atoms with Crippen LogP contribution in [0.1, 0.15) is 12.8 Å². The second-order valence-corrected chi connectivity index (χ2v) is 2.64. The summed E-state index contributed by atoms with van der Waals surface area (Å²) in [5, 5.41) is 0. The molecule has 0 spiro atoms. The molecule has 0 aliphatic rings. The highest BCUT2D eigenvalue weighted by Gasteiger charge is 2.25. The van der Waals surface area contributed by atoms with Crippen LogP contribution >= 0.6 is 22.6 Å². The number of hydrogen-bond acceptors (Lipinski definition) is 1. The monoisotopic (exact) mass is 249 g/mol. The number of alkyl halides is 3. The van der Waals surface area contributed by atoms with Crippen molar-refractivity contribution in [1.82, 2.24) is 0 Å². The quantitative estimate of drug-likeness (QED) is 0.596. The molecular weight excluding hydrogens is 239 g/mol. The van der Waals surface area contributed by atoms with E-state index >= 15 is 0 Å². The molecule has 1 nitrogen and oxygen atoms in total. The lowest BCUT2D eigenvalue weighted by molar-refractivity contribution is 0.0201. The largest absolute Gasteiger partial charge is 0.330 e. The molecule has 0 aromatic rings. The molecule has 9 heavy (non-hydrogen) atoms. The zero-order chi connectivity index (χ0) is 7.33. The fraction of sp³-hybridized carbons (Fsp3) is 1.00. The number of nitrogens with two attached hydrogens (primary N) is 1. The molecule has 0 radical (unpaired) electrons. The van der Waals surface area contributed by atoms with E-state index in [1.807, 2.05) is 0 Å². The van der Waals surface area contributed by atoms with Crippen molar-refractivity contribution >= 4 is 22.6 Å². The first-order valence-corrected chi connectivity index (χ1v) is 4.29. The lowest BCUT2D eigenvalue weighted by atomic mass is 10.2. The molecule has 0 aliphatic carbocycles. The first kappa shape index (κ1) is 9.55. The Morgan fingerprint density at radius 2 is 2.00 bits per heavy atom. The average molecular weight is 249 g/mol. The highest BCUT2D eigenvalue weighted by molar-refractivity contribution is 14.1. The second kappa shape index (κ2) is 4.38. The Labute approximate surface area is 67.1 Å². The van der Waals surface area contributed by atoms with E-state index in [1.165, 1.54) is 0 Å². The van der Waals surface area contributed by atoms with Crippen LogP contribution in [0.4, 0.5) is 8.78 Å². The van der Waals surface area contributed by atoms with Crippen molar-refractivity contribution in [3.8, 4) is 0 Å². The van der Waals surface area contributed by atoms with E-state index in [1.54, 1.807) is 22.6 Å². The third-order valence-electron chi connectivity index (χ3n) is 0.942. The van der Waals surface area contributed by atoms with Gasteiger partial charge >= 0.3 is 0 Å². The Bertz CT molecular complexity index is 77.4. The van der Waals surface area contributed by atoms with Gasteiger partial charge in [0.1, 0.15) is 0 Å². The Morgan fingerprint density at radius 1 is 1.44 bits per heavy atom. The molecule has 0 fully saturated rings. The molecule has 0 saturated carbocycles. The van der Waals surface area contributed by atoms with Gasteiger partial charge in [0, 0.05) is 6.42 Å². The van der Waals surface area contributed by atoms with Crippen LogP contribution in [0.5, 0.6) is 0 Å². The standard InChI is InChI=1S/C5H10F2IN/c6-5(7,4-8)2-1-3-9/h1-4,9H2. The predicted octanol–water partition coefficient (Wildman–Crippen LogP) is 1.80. The van der Waals surface area contributed by atoms with Gasteiger partial charge < -0.3 is 5.73 Å². The summed E-state index contributed by atoms with van der Waals surface area (Å²) < 4.78 is 24.4. The number of hydrogen-bond donors (Lipinski definition) is 1. The Hall–Kier alpha value is 0.550. The van der Waals surface area contributed by atoms with E-state index in [-0.39, 0.29) is 10.8 Å². The van der Waals surface area contributed by atoms with Crippen LogP contribution in [-0.2, 0) is 0 Å². The Morgan fingerprint density at radius 3 is 2.33 bits per heavy atom. The van der Waals surface area contributed by atoms with Gasteiger partial charge in [0.05, 0.1) is 4.43 Å². The fourth-order valence-electron chi connectivity index (χ4n) is 0.428. The summed E-state index contributed by atoms with van der Waals surface area (Å²) >= 11 is 1.68. The molecule has 0 aliphatic heterocycles. The maximum Gasteiger partial charge on any atom is 0.257 e. The lowest BCUT2D eigenvalue weighted by Gasteiger charge is -2.10. The van der Waals surface area contributed by atoms with Crippen LogP contribution in [0.15, 0.2) is 0 Å². The molecule has 0 atom stereocenters. The highest BCUT2D eigenvalue weighted by atomic mass is 127. The third-order valence-corrected chi connectivity index (χ3v) is 2.06. The first-order valence-electron chi connectivity index (χ1n) is 2.76. The summed E-state index contributed by atoms with van der Waals surface area (Å²) in [5.41, 5.74) is 5.05. The summed E-state index contributed by atoms with van der Waals surface area (Å²) in [6.45, 7) is 0.353. The summed E-state index contributed by atoms with van der Waals surface area (Å²) in [7, 11) is 0. The van der Waals surface area contributed by atoms with Gasteiger partial charge in [-0.15, -0.1) is 0 Å². The smallest absolute Gasteiger partial charge is 0.257 e. The number of rotatable bonds is 4. The molecule has 2 N–H and O–H groups in total. The van der Waals surface area contributed by atoms with Crippen LogP contribution in [0.3, 0.4) is 0 Å². The van der Waals surface area contributed by atoms with Gasteiger partial charge in [-0.1, -0.05) is 22.6 Å². The summed E-state index contributed by atoms with van der Waals surface area (Å²) in [6, 6.07) is 0. The Kier molecular flexibility index (Phi) is 4.65. The molecule has 4 heteroatoms. The van der Waals surface area contributed by atoms with Gasteiger partial charge in [0.15, 0.2) is 0 Å². The molecule has 0 unspecified atom stereocenters. The van der Waals surface area contributed by atoms with Crippen LogP contribution in [0.25, 0.3) is 0 Å². The zero-order valence-electron chi connectivity index (χ0n) is 5.04. The van der Waals surface area contributed by atoms with Gasteiger partial charge in [-0.2, -0.15) is 0 Å². The van der Waals surface area contributed by atoms with Crippen LogP contribution in [0, 0.1) is 0 Å². The van der Waals surface area contributed by atoms with E-state index in [9.17, 15) is 8.78 Å². The normalized spacial score (nSPS) is 12.0. The molecule has 56 valence electrons. The van der Waals surface area contributed by atoms with E-state index in [0.717, 1.165) is 0 Å². The molecule has 0 bridgehead atoms. The lowest BCUT2D eigenvalue weighted by Crippen LogP contribution is -2.19. The van der Waals surface area contributed by atoms with Crippen LogP contribution < -0.4 is 5.73 Å². The first-order chi connectivity index (χ1) is 4.12. The van der Waals surface area contributed by atoms with Crippen molar-refractivity contribution in [3.63, 3.8) is 0 Å². The third kappa shape index (κ3) is 5.02. The van der Waals surface area contributed by atoms with Crippen molar-refractivity contribution in [1.29, 1.82) is 0 Å². The van der Waals surface area contributed by atoms with Gasteiger partial charge in [-0.3, -0.25) is 0 Å². The van der Waals surface area contributed by atoms with Gasteiger partial charge in [-0.05, 0) is 13.0 Å². The number of halogens is 3. The molecule has 0 saturated heterocycles. The average Bonchev–Trinajstić information content (AvgIpc) is 1.84. The summed E-state index contributed by atoms with van der Waals surface area (Å²) in [4.78, 5) is 0. The maximum atomic E-state index is 12.3. The maximum absolute atomic E-state index is 12.3.